The van der Waals surface area contributed by atoms with Crippen molar-refractivity contribution in [2.24, 2.45) is 5.73 Å². The van der Waals surface area contributed by atoms with Crippen molar-refractivity contribution in [2.75, 3.05) is 17.6 Å². The smallest absolute Gasteiger partial charge is 0.255 e. The number of anilines is 2. The van der Waals surface area contributed by atoms with Gasteiger partial charge in [-0.1, -0.05) is 29.3 Å². The van der Waals surface area contributed by atoms with E-state index in [0.29, 0.717) is 17.6 Å². The van der Waals surface area contributed by atoms with Gasteiger partial charge in [0.2, 0.25) is 5.95 Å². The summed E-state index contributed by atoms with van der Waals surface area (Å²) in [5.41, 5.74) is 12.8. The molecule has 1 fully saturated rings. The molecule has 1 aliphatic rings. The molecule has 0 saturated heterocycles. The Hall–Kier alpha value is -3.23. The van der Waals surface area contributed by atoms with Gasteiger partial charge in [-0.2, -0.15) is 0 Å². The molecular weight excluding hydrogens is 402 g/mol. The fraction of sp³-hybridized carbons (Fsp3) is 0.238. The maximum Gasteiger partial charge on any atom is 0.255 e. The van der Waals surface area contributed by atoms with Crippen LogP contribution in [-0.4, -0.2) is 32.1 Å². The Morgan fingerprint density at radius 2 is 1.97 bits per heavy atom. The molecule has 0 aromatic carbocycles. The second-order valence-electron chi connectivity index (χ2n) is 6.67. The summed E-state index contributed by atoms with van der Waals surface area (Å²) in [5.74, 6) is 1.07. The van der Waals surface area contributed by atoms with Gasteiger partial charge in [0, 0.05) is 24.8 Å². The highest BCUT2D eigenvalue weighted by molar-refractivity contribution is 6.30. The third kappa shape index (κ3) is 5.88. The Balaban J connectivity index is 0.000000269. The highest BCUT2D eigenvalue weighted by Gasteiger charge is 2.20. The number of nitrogens with one attached hydrogen (secondary N) is 1. The maximum atomic E-state index is 11.8. The van der Waals surface area contributed by atoms with Crippen molar-refractivity contribution in [3.63, 3.8) is 0 Å². The number of hydrogen-bond acceptors (Lipinski definition) is 7. The van der Waals surface area contributed by atoms with Crippen molar-refractivity contribution in [1.29, 1.82) is 0 Å². The second-order valence-corrected chi connectivity index (χ2v) is 7.11. The summed E-state index contributed by atoms with van der Waals surface area (Å²) < 4.78 is 1.58. The molecule has 1 saturated carbocycles. The number of nitrogens with zero attached hydrogens (tertiary/aromatic N) is 4. The SMILES string of the molecule is NC/C=C1/CCCC1Nc1ccc(-n2ccccc2=O)cn1.Nc1ncc(Cl)cn1. The third-order valence-corrected chi connectivity index (χ3v) is 4.79. The number of nitrogens with two attached hydrogens (primary N) is 2. The largest absolute Gasteiger partial charge is 0.368 e. The molecule has 3 heterocycles. The Kier molecular flexibility index (Phi) is 7.53. The van der Waals surface area contributed by atoms with Crippen molar-refractivity contribution >= 4 is 23.4 Å². The van der Waals surface area contributed by atoms with E-state index in [1.807, 2.05) is 18.2 Å². The van der Waals surface area contributed by atoms with Crippen LogP contribution in [0.25, 0.3) is 5.69 Å². The average Bonchev–Trinajstić information content (AvgIpc) is 3.19. The number of aromatic nitrogens is 4. The van der Waals surface area contributed by atoms with Crippen LogP contribution >= 0.6 is 11.6 Å². The lowest BCUT2D eigenvalue weighted by Crippen LogP contribution is -2.19. The van der Waals surface area contributed by atoms with Crippen LogP contribution in [0.2, 0.25) is 5.02 Å². The van der Waals surface area contributed by atoms with E-state index in [9.17, 15) is 4.79 Å². The number of pyridine rings is 2. The molecule has 3 aromatic rings. The van der Waals surface area contributed by atoms with E-state index in [2.05, 4.69) is 26.3 Å². The fourth-order valence-electron chi connectivity index (χ4n) is 3.19. The van der Waals surface area contributed by atoms with Crippen molar-refractivity contribution in [3.8, 4) is 5.69 Å². The molecule has 30 heavy (non-hydrogen) atoms. The molecule has 1 unspecified atom stereocenters. The zero-order valence-corrected chi connectivity index (χ0v) is 17.2. The number of rotatable bonds is 4. The van der Waals surface area contributed by atoms with Gasteiger partial charge in [0.15, 0.2) is 0 Å². The second kappa shape index (κ2) is 10.5. The average molecular weight is 426 g/mol. The molecule has 3 aromatic heterocycles. The lowest BCUT2D eigenvalue weighted by Gasteiger charge is -2.15. The molecule has 0 amide bonds. The predicted octanol–water partition coefficient (Wildman–Crippen LogP) is 2.79. The predicted molar refractivity (Wildman–Crippen MR) is 120 cm³/mol. The topological polar surface area (TPSA) is 125 Å². The first-order valence-corrected chi connectivity index (χ1v) is 9.97. The minimum absolute atomic E-state index is 0.0611. The van der Waals surface area contributed by atoms with Gasteiger partial charge in [0.05, 0.1) is 29.3 Å². The van der Waals surface area contributed by atoms with E-state index in [-0.39, 0.29) is 11.5 Å². The quantitative estimate of drug-likeness (QED) is 0.549. The molecule has 1 atom stereocenters. The van der Waals surface area contributed by atoms with E-state index in [4.69, 9.17) is 23.1 Å². The summed E-state index contributed by atoms with van der Waals surface area (Å²) in [6, 6.07) is 9.23. The normalized spacial score (nSPS) is 16.7. The molecule has 4 rings (SSSR count). The maximum absolute atomic E-state index is 11.8. The summed E-state index contributed by atoms with van der Waals surface area (Å²) >= 11 is 5.43. The Morgan fingerprint density at radius 1 is 1.17 bits per heavy atom. The Labute approximate surface area is 179 Å². The van der Waals surface area contributed by atoms with Crippen LogP contribution in [0.1, 0.15) is 19.3 Å². The van der Waals surface area contributed by atoms with Crippen molar-refractivity contribution < 1.29 is 0 Å². The van der Waals surface area contributed by atoms with Gasteiger partial charge in [-0.05, 0) is 37.5 Å². The van der Waals surface area contributed by atoms with Crippen LogP contribution in [0, 0.1) is 0 Å². The molecule has 8 nitrogen and oxygen atoms in total. The van der Waals surface area contributed by atoms with Gasteiger partial charge in [0.25, 0.3) is 5.56 Å². The molecule has 156 valence electrons. The molecule has 0 spiro atoms. The van der Waals surface area contributed by atoms with Crippen LogP contribution in [0.15, 0.2) is 71.6 Å². The molecule has 0 bridgehead atoms. The van der Waals surface area contributed by atoms with Crippen LogP contribution < -0.4 is 22.3 Å². The monoisotopic (exact) mass is 425 g/mol. The van der Waals surface area contributed by atoms with E-state index >= 15 is 0 Å². The van der Waals surface area contributed by atoms with Gasteiger partial charge in [-0.15, -0.1) is 0 Å². The van der Waals surface area contributed by atoms with Gasteiger partial charge >= 0.3 is 0 Å². The van der Waals surface area contributed by atoms with E-state index in [1.54, 1.807) is 23.0 Å². The van der Waals surface area contributed by atoms with Gasteiger partial charge in [-0.25, -0.2) is 15.0 Å². The lowest BCUT2D eigenvalue weighted by molar-refractivity contribution is 0.809. The first kappa shape index (κ1) is 21.5. The number of hydrogen-bond donors (Lipinski definition) is 3. The van der Waals surface area contributed by atoms with Crippen LogP contribution in [-0.2, 0) is 0 Å². The number of nitrogen functional groups attached to an aromatic ring is 1. The summed E-state index contributed by atoms with van der Waals surface area (Å²) in [5, 5.41) is 3.95. The highest BCUT2D eigenvalue weighted by Crippen LogP contribution is 2.27. The molecule has 0 aliphatic heterocycles. The molecule has 0 radical (unpaired) electrons. The standard InChI is InChI=1S/C17H20N4O.C4H4ClN3/c18-10-9-13-4-3-5-15(13)20-16-8-7-14(12-19-16)21-11-2-1-6-17(21)22;5-3-1-7-4(6)8-2-3/h1-2,6-9,11-12,15H,3-5,10,18H2,(H,19,20);1-2H,(H2,6,7,8)/b13-9-;. The van der Waals surface area contributed by atoms with E-state index < -0.39 is 0 Å². The Bertz CT molecular complexity index is 1010. The van der Waals surface area contributed by atoms with E-state index in [1.165, 1.54) is 30.5 Å². The Morgan fingerprint density at radius 3 is 2.60 bits per heavy atom. The zero-order chi connectivity index (χ0) is 21.3. The first-order chi connectivity index (χ1) is 14.6. The highest BCUT2D eigenvalue weighted by atomic mass is 35.5. The minimum atomic E-state index is -0.0611. The molecule has 9 heteroatoms. The first-order valence-electron chi connectivity index (χ1n) is 9.59. The summed E-state index contributed by atoms with van der Waals surface area (Å²) in [4.78, 5) is 23.5. The van der Waals surface area contributed by atoms with Crippen molar-refractivity contribution in [3.05, 3.63) is 82.1 Å². The molecular formula is C21H24ClN7O. The molecule has 1 aliphatic carbocycles. The molecule has 5 N–H and O–H groups in total. The summed E-state index contributed by atoms with van der Waals surface area (Å²) in [6.45, 7) is 0.580. The lowest BCUT2D eigenvalue weighted by atomic mass is 10.1. The van der Waals surface area contributed by atoms with Crippen LogP contribution in [0.4, 0.5) is 11.8 Å². The number of halogens is 1. The summed E-state index contributed by atoms with van der Waals surface area (Å²) in [7, 11) is 0. The zero-order valence-electron chi connectivity index (χ0n) is 16.4. The van der Waals surface area contributed by atoms with Crippen LogP contribution in [0.5, 0.6) is 0 Å². The minimum Gasteiger partial charge on any atom is -0.368 e. The van der Waals surface area contributed by atoms with E-state index in [0.717, 1.165) is 24.3 Å². The van der Waals surface area contributed by atoms with Gasteiger partial charge in [0.1, 0.15) is 5.82 Å². The fourth-order valence-corrected chi connectivity index (χ4v) is 3.28. The van der Waals surface area contributed by atoms with Gasteiger partial charge in [-0.3, -0.25) is 9.36 Å². The van der Waals surface area contributed by atoms with Crippen LogP contribution in [0.3, 0.4) is 0 Å². The third-order valence-electron chi connectivity index (χ3n) is 4.60. The van der Waals surface area contributed by atoms with Gasteiger partial charge < -0.3 is 16.8 Å². The van der Waals surface area contributed by atoms with Crippen molar-refractivity contribution in [2.45, 2.75) is 25.3 Å². The van der Waals surface area contributed by atoms with Crippen molar-refractivity contribution in [1.82, 2.24) is 19.5 Å². The summed E-state index contributed by atoms with van der Waals surface area (Å²) in [6.07, 6.45) is 11.8.